The molecule has 0 aliphatic rings. The van der Waals surface area contributed by atoms with Gasteiger partial charge in [0.25, 0.3) is 0 Å². The molecule has 1 amide bonds. The van der Waals surface area contributed by atoms with Gasteiger partial charge >= 0.3 is 0 Å². The molecule has 0 fully saturated rings. The molecule has 0 saturated heterocycles. The highest BCUT2D eigenvalue weighted by atomic mass is 127. The molecule has 0 aromatic heterocycles. The second-order valence-electron chi connectivity index (χ2n) is 4.32. The summed E-state index contributed by atoms with van der Waals surface area (Å²) in [5.41, 5.74) is 8.12. The molecule has 20 heavy (non-hydrogen) atoms. The minimum absolute atomic E-state index is 0.143. The van der Waals surface area contributed by atoms with Gasteiger partial charge in [-0.2, -0.15) is 0 Å². The van der Waals surface area contributed by atoms with E-state index in [0.29, 0.717) is 15.8 Å². The molecule has 3 nitrogen and oxygen atoms in total. The van der Waals surface area contributed by atoms with E-state index in [0.717, 1.165) is 11.1 Å². The van der Waals surface area contributed by atoms with Crippen molar-refractivity contribution in [3.05, 3.63) is 63.0 Å². The second-order valence-corrected chi connectivity index (χ2v) is 5.48. The first-order valence-electron chi connectivity index (χ1n) is 6.12. The van der Waals surface area contributed by atoms with Crippen molar-refractivity contribution in [2.45, 2.75) is 13.0 Å². The minimum atomic E-state index is -0.319. The highest BCUT2D eigenvalue weighted by molar-refractivity contribution is 14.1. The number of rotatable bonds is 4. The fourth-order valence-electron chi connectivity index (χ4n) is 1.89. The third-order valence-corrected chi connectivity index (χ3v) is 3.79. The Morgan fingerprint density at radius 1 is 1.20 bits per heavy atom. The van der Waals surface area contributed by atoms with Crippen LogP contribution in [0.15, 0.2) is 42.5 Å². The summed E-state index contributed by atoms with van der Waals surface area (Å²) < 4.78 is 13.7. The molecule has 0 radical (unpaired) electrons. The van der Waals surface area contributed by atoms with Crippen molar-refractivity contribution in [2.75, 3.05) is 5.32 Å². The average molecular weight is 384 g/mol. The van der Waals surface area contributed by atoms with Crippen LogP contribution in [0, 0.1) is 9.39 Å². The van der Waals surface area contributed by atoms with E-state index in [4.69, 9.17) is 5.73 Å². The Labute approximate surface area is 130 Å². The van der Waals surface area contributed by atoms with Crippen LogP contribution in [-0.4, -0.2) is 5.91 Å². The van der Waals surface area contributed by atoms with Crippen LogP contribution in [0.2, 0.25) is 0 Å². The van der Waals surface area contributed by atoms with Crippen molar-refractivity contribution in [2.24, 2.45) is 5.73 Å². The first-order chi connectivity index (χ1) is 9.60. The molecule has 5 heteroatoms. The summed E-state index contributed by atoms with van der Waals surface area (Å²) in [7, 11) is 0. The van der Waals surface area contributed by atoms with Crippen LogP contribution < -0.4 is 11.1 Å². The molecule has 3 N–H and O–H groups in total. The Hall–Kier alpha value is -1.47. The minimum Gasteiger partial charge on any atom is -0.326 e. The van der Waals surface area contributed by atoms with Gasteiger partial charge in [-0.15, -0.1) is 0 Å². The Bertz CT molecular complexity index is 631. The molecule has 2 aromatic carbocycles. The predicted octanol–water partition coefficient (Wildman–Crippen LogP) is 3.07. The summed E-state index contributed by atoms with van der Waals surface area (Å²) in [4.78, 5) is 12.0. The normalized spacial score (nSPS) is 10.3. The predicted molar refractivity (Wildman–Crippen MR) is 85.8 cm³/mol. The number of hydrogen-bond acceptors (Lipinski definition) is 2. The van der Waals surface area contributed by atoms with Gasteiger partial charge in [-0.25, -0.2) is 4.39 Å². The Morgan fingerprint density at radius 2 is 1.90 bits per heavy atom. The highest BCUT2D eigenvalue weighted by Gasteiger charge is 2.09. The van der Waals surface area contributed by atoms with Crippen molar-refractivity contribution in [3.63, 3.8) is 0 Å². The quantitative estimate of drug-likeness (QED) is 0.797. The van der Waals surface area contributed by atoms with Gasteiger partial charge in [0, 0.05) is 10.1 Å². The molecule has 104 valence electrons. The number of amides is 1. The Morgan fingerprint density at radius 3 is 2.55 bits per heavy atom. The lowest BCUT2D eigenvalue weighted by atomic mass is 10.0. The van der Waals surface area contributed by atoms with Crippen LogP contribution in [-0.2, 0) is 17.8 Å². The van der Waals surface area contributed by atoms with Gasteiger partial charge in [-0.05, 0) is 51.9 Å². The molecule has 0 unspecified atom stereocenters. The van der Waals surface area contributed by atoms with Crippen LogP contribution >= 0.6 is 22.6 Å². The molecule has 0 bridgehead atoms. The van der Waals surface area contributed by atoms with Gasteiger partial charge < -0.3 is 11.1 Å². The van der Waals surface area contributed by atoms with Crippen molar-refractivity contribution in [3.8, 4) is 0 Å². The Kier molecular flexibility index (Phi) is 5.08. The molecular weight excluding hydrogens is 370 g/mol. The molecule has 0 spiro atoms. The summed E-state index contributed by atoms with van der Waals surface area (Å²) in [6, 6.07) is 11.8. The maximum atomic E-state index is 13.0. The van der Waals surface area contributed by atoms with E-state index >= 15 is 0 Å². The number of halogens is 2. The lowest BCUT2D eigenvalue weighted by Gasteiger charge is -2.10. The van der Waals surface area contributed by atoms with Crippen molar-refractivity contribution < 1.29 is 9.18 Å². The van der Waals surface area contributed by atoms with E-state index < -0.39 is 0 Å². The van der Waals surface area contributed by atoms with Crippen LogP contribution in [0.5, 0.6) is 0 Å². The third kappa shape index (κ3) is 3.77. The molecule has 0 atom stereocenters. The zero-order valence-corrected chi connectivity index (χ0v) is 12.9. The van der Waals surface area contributed by atoms with Crippen LogP contribution in [0.25, 0.3) is 0 Å². The van der Waals surface area contributed by atoms with Crippen LogP contribution in [0.3, 0.4) is 0 Å². The first kappa shape index (κ1) is 14.9. The summed E-state index contributed by atoms with van der Waals surface area (Å²) >= 11 is 1.99. The van der Waals surface area contributed by atoms with Crippen molar-refractivity contribution in [1.29, 1.82) is 0 Å². The van der Waals surface area contributed by atoms with Crippen LogP contribution in [0.1, 0.15) is 11.1 Å². The molecular formula is C15H14FIN2O. The zero-order chi connectivity index (χ0) is 14.5. The molecule has 2 rings (SSSR count). The smallest absolute Gasteiger partial charge is 0.228 e. The van der Waals surface area contributed by atoms with Crippen molar-refractivity contribution >= 4 is 34.2 Å². The summed E-state index contributed by atoms with van der Waals surface area (Å²) in [5.74, 6) is -0.462. The van der Waals surface area contributed by atoms with E-state index in [9.17, 15) is 9.18 Å². The number of nitrogens with one attached hydrogen (secondary N) is 1. The van der Waals surface area contributed by atoms with Gasteiger partial charge in [0.1, 0.15) is 5.82 Å². The van der Waals surface area contributed by atoms with Gasteiger partial charge in [0.2, 0.25) is 5.91 Å². The topological polar surface area (TPSA) is 55.1 Å². The number of benzene rings is 2. The number of anilines is 1. The van der Waals surface area contributed by atoms with Crippen LogP contribution in [0.4, 0.5) is 10.1 Å². The lowest BCUT2D eigenvalue weighted by molar-refractivity contribution is -0.115. The highest BCUT2D eigenvalue weighted by Crippen LogP contribution is 2.19. The standard InChI is InChI=1S/C15H14FIN2O/c16-12-5-6-14(13(17)8-12)19-15(20)7-10-3-1-2-4-11(10)9-18/h1-6,8H,7,9,18H2,(H,19,20). The molecule has 0 aliphatic carbocycles. The lowest BCUT2D eigenvalue weighted by Crippen LogP contribution is -2.16. The molecule has 0 heterocycles. The maximum Gasteiger partial charge on any atom is 0.228 e. The molecule has 0 saturated carbocycles. The largest absolute Gasteiger partial charge is 0.326 e. The van der Waals surface area contributed by atoms with Gasteiger partial charge in [0.15, 0.2) is 0 Å². The van der Waals surface area contributed by atoms with Gasteiger partial charge in [0.05, 0.1) is 12.1 Å². The Balaban J connectivity index is 2.09. The zero-order valence-electron chi connectivity index (χ0n) is 10.7. The SMILES string of the molecule is NCc1ccccc1CC(=O)Nc1ccc(F)cc1I. The number of nitrogens with two attached hydrogens (primary N) is 1. The molecule has 0 aliphatic heterocycles. The summed E-state index contributed by atoms with van der Waals surface area (Å²) in [5, 5.41) is 2.78. The summed E-state index contributed by atoms with van der Waals surface area (Å²) in [6.45, 7) is 0.400. The molecule has 2 aromatic rings. The van der Waals surface area contributed by atoms with E-state index in [1.165, 1.54) is 12.1 Å². The number of hydrogen-bond donors (Lipinski definition) is 2. The van der Waals surface area contributed by atoms with E-state index in [2.05, 4.69) is 5.32 Å². The average Bonchev–Trinajstić information content (AvgIpc) is 2.42. The number of carbonyl (C=O) groups is 1. The second kappa shape index (κ2) is 6.81. The van der Waals surface area contributed by atoms with E-state index in [1.807, 2.05) is 46.9 Å². The van der Waals surface area contributed by atoms with Gasteiger partial charge in [-0.1, -0.05) is 24.3 Å². The monoisotopic (exact) mass is 384 g/mol. The first-order valence-corrected chi connectivity index (χ1v) is 7.20. The number of carbonyl (C=O) groups excluding carboxylic acids is 1. The van der Waals surface area contributed by atoms with E-state index in [1.54, 1.807) is 6.07 Å². The van der Waals surface area contributed by atoms with E-state index in [-0.39, 0.29) is 18.1 Å². The van der Waals surface area contributed by atoms with Crippen molar-refractivity contribution in [1.82, 2.24) is 0 Å². The fraction of sp³-hybridized carbons (Fsp3) is 0.133. The summed E-state index contributed by atoms with van der Waals surface area (Å²) in [6.07, 6.45) is 0.251. The third-order valence-electron chi connectivity index (χ3n) is 2.89. The van der Waals surface area contributed by atoms with Gasteiger partial charge in [-0.3, -0.25) is 4.79 Å². The maximum absolute atomic E-state index is 13.0. The fourth-order valence-corrected chi connectivity index (χ4v) is 2.50.